The molecule has 17 heavy (non-hydrogen) atoms. The number of aryl methyl sites for hydroxylation is 1. The second kappa shape index (κ2) is 5.28. The molecule has 7 nitrogen and oxygen atoms in total. The highest BCUT2D eigenvalue weighted by Gasteiger charge is 2.22. The van der Waals surface area contributed by atoms with Gasteiger partial charge in [0.1, 0.15) is 4.90 Å². The molecule has 1 aromatic heterocycles. The fourth-order valence-corrected chi connectivity index (χ4v) is 2.33. The van der Waals surface area contributed by atoms with Crippen LogP contribution in [0, 0.1) is 0 Å². The van der Waals surface area contributed by atoms with Crippen molar-refractivity contribution in [2.45, 2.75) is 24.8 Å². The third kappa shape index (κ3) is 3.27. The van der Waals surface area contributed by atoms with Gasteiger partial charge in [-0.2, -0.15) is 5.10 Å². The summed E-state index contributed by atoms with van der Waals surface area (Å²) in [7, 11) is -2.29. The summed E-state index contributed by atoms with van der Waals surface area (Å²) in [6.45, 7) is 2.36. The van der Waals surface area contributed by atoms with Crippen LogP contribution >= 0.6 is 0 Å². The first kappa shape index (κ1) is 13.7. The number of carbonyl (C=O) groups is 1. The van der Waals surface area contributed by atoms with Crippen LogP contribution in [0.15, 0.2) is 17.3 Å². The zero-order chi connectivity index (χ0) is 13.1. The minimum absolute atomic E-state index is 0.0605. The molecule has 0 spiro atoms. The molecule has 96 valence electrons. The van der Waals surface area contributed by atoms with E-state index in [1.807, 2.05) is 6.92 Å². The van der Waals surface area contributed by atoms with Gasteiger partial charge in [-0.15, -0.1) is 0 Å². The summed E-state index contributed by atoms with van der Waals surface area (Å²) in [5.41, 5.74) is 0. The largest absolute Gasteiger partial charge is 0.481 e. The lowest BCUT2D eigenvalue weighted by Crippen LogP contribution is -2.29. The predicted octanol–water partition coefficient (Wildman–Crippen LogP) is -0.00180. The van der Waals surface area contributed by atoms with Gasteiger partial charge in [0.2, 0.25) is 10.0 Å². The van der Waals surface area contributed by atoms with Gasteiger partial charge in [0.05, 0.1) is 12.6 Å². The summed E-state index contributed by atoms with van der Waals surface area (Å²) in [4.78, 5) is 10.5. The molecule has 0 aliphatic heterocycles. The highest BCUT2D eigenvalue weighted by atomic mass is 32.2. The van der Waals surface area contributed by atoms with Gasteiger partial charge in [0, 0.05) is 26.3 Å². The Bertz CT molecular complexity index is 494. The third-order valence-corrected chi connectivity index (χ3v) is 4.09. The summed E-state index contributed by atoms with van der Waals surface area (Å²) >= 11 is 0. The molecule has 0 amide bonds. The van der Waals surface area contributed by atoms with Gasteiger partial charge in [0.25, 0.3) is 0 Å². The molecule has 0 radical (unpaired) electrons. The second-order valence-electron chi connectivity index (χ2n) is 3.50. The number of aromatic nitrogens is 2. The Hall–Kier alpha value is -1.41. The van der Waals surface area contributed by atoms with Crippen molar-refractivity contribution in [1.82, 2.24) is 14.1 Å². The average molecular weight is 261 g/mol. The van der Waals surface area contributed by atoms with Crippen molar-refractivity contribution in [2.24, 2.45) is 0 Å². The molecule has 0 bridgehead atoms. The van der Waals surface area contributed by atoms with Crippen LogP contribution in [0.4, 0.5) is 0 Å². The summed E-state index contributed by atoms with van der Waals surface area (Å²) < 4.78 is 26.4. The molecule has 0 fully saturated rings. The zero-order valence-corrected chi connectivity index (χ0v) is 10.5. The Kier molecular flexibility index (Phi) is 4.24. The first-order valence-electron chi connectivity index (χ1n) is 5.08. The molecule has 0 saturated heterocycles. The second-order valence-corrected chi connectivity index (χ2v) is 5.55. The van der Waals surface area contributed by atoms with Gasteiger partial charge in [-0.25, -0.2) is 12.7 Å². The van der Waals surface area contributed by atoms with E-state index in [9.17, 15) is 13.2 Å². The highest BCUT2D eigenvalue weighted by Crippen LogP contribution is 2.13. The Morgan fingerprint density at radius 3 is 2.71 bits per heavy atom. The van der Waals surface area contributed by atoms with Crippen molar-refractivity contribution in [1.29, 1.82) is 0 Å². The number of sulfonamides is 1. The molecule has 1 N–H and O–H groups in total. The summed E-state index contributed by atoms with van der Waals surface area (Å²) in [5.74, 6) is -1.03. The molecule has 0 unspecified atom stereocenters. The summed E-state index contributed by atoms with van der Waals surface area (Å²) in [6, 6.07) is 0. The molecule has 0 aliphatic carbocycles. The number of hydrogen-bond donors (Lipinski definition) is 1. The van der Waals surface area contributed by atoms with Crippen molar-refractivity contribution < 1.29 is 18.3 Å². The third-order valence-electron chi connectivity index (χ3n) is 2.28. The molecule has 0 aliphatic rings. The molecule has 0 aromatic carbocycles. The maximum Gasteiger partial charge on any atom is 0.304 e. The highest BCUT2D eigenvalue weighted by molar-refractivity contribution is 7.89. The smallest absolute Gasteiger partial charge is 0.304 e. The molecular weight excluding hydrogens is 246 g/mol. The van der Waals surface area contributed by atoms with Crippen LogP contribution in [-0.4, -0.2) is 47.2 Å². The Morgan fingerprint density at radius 1 is 1.59 bits per heavy atom. The standard InChI is InChI=1S/C9H15N3O4S/c1-3-12-7-8(6-10-12)17(15,16)11(2)5-4-9(13)14/h6-7H,3-5H2,1-2H3,(H,13,14). The molecule has 1 rings (SSSR count). The van der Waals surface area contributed by atoms with Gasteiger partial charge < -0.3 is 5.11 Å². The van der Waals surface area contributed by atoms with E-state index in [0.717, 1.165) is 4.31 Å². The van der Waals surface area contributed by atoms with Crippen molar-refractivity contribution >= 4 is 16.0 Å². The van der Waals surface area contributed by atoms with Gasteiger partial charge in [0.15, 0.2) is 0 Å². The molecule has 1 aromatic rings. The first-order valence-corrected chi connectivity index (χ1v) is 6.52. The molecule has 8 heteroatoms. The van der Waals surface area contributed by atoms with E-state index in [2.05, 4.69) is 5.10 Å². The Labute approximate surface area is 99.7 Å². The van der Waals surface area contributed by atoms with E-state index in [1.54, 1.807) is 0 Å². The monoisotopic (exact) mass is 261 g/mol. The SMILES string of the molecule is CCn1cc(S(=O)(=O)N(C)CCC(=O)O)cn1. The minimum Gasteiger partial charge on any atom is -0.481 e. The van der Waals surface area contributed by atoms with Gasteiger partial charge in [-0.1, -0.05) is 0 Å². The van der Waals surface area contributed by atoms with E-state index >= 15 is 0 Å². The van der Waals surface area contributed by atoms with E-state index in [-0.39, 0.29) is 17.9 Å². The van der Waals surface area contributed by atoms with Crippen LogP contribution in [0.5, 0.6) is 0 Å². The lowest BCUT2D eigenvalue weighted by molar-refractivity contribution is -0.137. The van der Waals surface area contributed by atoms with E-state index < -0.39 is 16.0 Å². The van der Waals surface area contributed by atoms with E-state index in [1.165, 1.54) is 24.1 Å². The van der Waals surface area contributed by atoms with Gasteiger partial charge in [-0.3, -0.25) is 9.48 Å². The van der Waals surface area contributed by atoms with Gasteiger partial charge in [-0.05, 0) is 6.92 Å². The van der Waals surface area contributed by atoms with Crippen LogP contribution in [0.1, 0.15) is 13.3 Å². The average Bonchev–Trinajstić information content (AvgIpc) is 2.74. The maximum atomic E-state index is 12.0. The summed E-state index contributed by atoms with van der Waals surface area (Å²) in [5, 5.41) is 12.4. The maximum absolute atomic E-state index is 12.0. The van der Waals surface area contributed by atoms with Crippen LogP contribution in [-0.2, 0) is 21.4 Å². The number of nitrogens with zero attached hydrogens (tertiary/aromatic N) is 3. The van der Waals surface area contributed by atoms with E-state index in [0.29, 0.717) is 6.54 Å². The van der Waals surface area contributed by atoms with Crippen molar-refractivity contribution in [2.75, 3.05) is 13.6 Å². The lowest BCUT2D eigenvalue weighted by Gasteiger charge is -2.14. The topological polar surface area (TPSA) is 92.5 Å². The Balaban J connectivity index is 2.83. The van der Waals surface area contributed by atoms with Crippen LogP contribution in [0.25, 0.3) is 0 Å². The van der Waals surface area contributed by atoms with Crippen molar-refractivity contribution in [3.8, 4) is 0 Å². The fraction of sp³-hybridized carbons (Fsp3) is 0.556. The molecule has 0 atom stereocenters. The number of rotatable bonds is 6. The number of carboxylic acid groups (broad SMARTS) is 1. The Morgan fingerprint density at radius 2 is 2.24 bits per heavy atom. The molecular formula is C9H15N3O4S. The normalized spacial score (nSPS) is 11.9. The van der Waals surface area contributed by atoms with Crippen molar-refractivity contribution in [3.05, 3.63) is 12.4 Å². The quantitative estimate of drug-likeness (QED) is 0.778. The van der Waals surface area contributed by atoms with E-state index in [4.69, 9.17) is 5.11 Å². The summed E-state index contributed by atoms with van der Waals surface area (Å²) in [6.07, 6.45) is 2.46. The number of hydrogen-bond acceptors (Lipinski definition) is 4. The zero-order valence-electron chi connectivity index (χ0n) is 9.70. The fourth-order valence-electron chi connectivity index (χ4n) is 1.20. The number of carboxylic acids is 1. The lowest BCUT2D eigenvalue weighted by atomic mass is 10.4. The molecule has 0 saturated carbocycles. The molecule has 1 heterocycles. The first-order chi connectivity index (χ1) is 7.87. The predicted molar refractivity (Wildman–Crippen MR) is 60.0 cm³/mol. The van der Waals surface area contributed by atoms with Crippen LogP contribution in [0.2, 0.25) is 0 Å². The van der Waals surface area contributed by atoms with Gasteiger partial charge >= 0.3 is 5.97 Å². The van der Waals surface area contributed by atoms with Crippen molar-refractivity contribution in [3.63, 3.8) is 0 Å². The number of aliphatic carboxylic acids is 1. The van der Waals surface area contributed by atoms with Crippen LogP contribution < -0.4 is 0 Å². The minimum atomic E-state index is -3.64. The van der Waals surface area contributed by atoms with Crippen LogP contribution in [0.3, 0.4) is 0 Å².